The third kappa shape index (κ3) is 3.17. The monoisotopic (exact) mass is 370 g/mol. The number of rotatable bonds is 3. The number of thiazole rings is 1. The van der Waals surface area contributed by atoms with Gasteiger partial charge in [-0.2, -0.15) is 4.99 Å². The Kier molecular flexibility index (Phi) is 4.38. The van der Waals surface area contributed by atoms with Crippen LogP contribution >= 0.6 is 11.3 Å². The van der Waals surface area contributed by atoms with Crippen molar-refractivity contribution in [2.45, 2.75) is 6.42 Å². The van der Waals surface area contributed by atoms with E-state index in [-0.39, 0.29) is 12.3 Å². The molecule has 4 rings (SSSR count). The van der Waals surface area contributed by atoms with Gasteiger partial charge in [0.2, 0.25) is 0 Å². The number of carbonyl (C=O) groups is 1. The first-order valence-electron chi connectivity index (χ1n) is 8.24. The molecule has 6 nitrogen and oxygen atoms in total. The number of methoxy groups -OCH3 is 1. The number of hydrogen-bond acceptors (Lipinski definition) is 5. The molecule has 1 aliphatic heterocycles. The molecular formula is C19H18N2O4S. The second-order valence-electron chi connectivity index (χ2n) is 5.94. The highest BCUT2D eigenvalue weighted by atomic mass is 32.1. The first-order valence-corrected chi connectivity index (χ1v) is 9.05. The van der Waals surface area contributed by atoms with Gasteiger partial charge in [-0.1, -0.05) is 23.5 Å². The lowest BCUT2D eigenvalue weighted by Gasteiger charge is -2.18. The molecule has 0 bridgehead atoms. The Morgan fingerprint density at radius 2 is 1.88 bits per heavy atom. The highest BCUT2D eigenvalue weighted by Crippen LogP contribution is 2.35. The van der Waals surface area contributed by atoms with Gasteiger partial charge >= 0.3 is 0 Å². The first-order chi connectivity index (χ1) is 12.6. The van der Waals surface area contributed by atoms with Gasteiger partial charge in [0.25, 0.3) is 5.91 Å². The zero-order chi connectivity index (χ0) is 18.1. The molecule has 0 fully saturated rings. The molecule has 134 valence electrons. The maximum atomic E-state index is 12.4. The minimum atomic E-state index is -0.186. The van der Waals surface area contributed by atoms with Gasteiger partial charge in [0, 0.05) is 19.2 Å². The van der Waals surface area contributed by atoms with Crippen LogP contribution < -0.4 is 19.0 Å². The van der Waals surface area contributed by atoms with E-state index in [0.717, 1.165) is 33.0 Å². The van der Waals surface area contributed by atoms with Gasteiger partial charge in [-0.3, -0.25) is 4.79 Å². The molecule has 0 unspecified atom stereocenters. The summed E-state index contributed by atoms with van der Waals surface area (Å²) in [5, 5.41) is 0. The van der Waals surface area contributed by atoms with Crippen LogP contribution in [0.5, 0.6) is 17.2 Å². The van der Waals surface area contributed by atoms with E-state index in [4.69, 9.17) is 14.2 Å². The van der Waals surface area contributed by atoms with E-state index < -0.39 is 0 Å². The zero-order valence-electron chi connectivity index (χ0n) is 14.5. The molecule has 2 heterocycles. The van der Waals surface area contributed by atoms with Crippen molar-refractivity contribution in [2.75, 3.05) is 20.3 Å². The lowest BCUT2D eigenvalue weighted by molar-refractivity contribution is -0.117. The Morgan fingerprint density at radius 3 is 2.58 bits per heavy atom. The average molecular weight is 370 g/mol. The van der Waals surface area contributed by atoms with Crippen LogP contribution in [0, 0.1) is 0 Å². The number of aryl methyl sites for hydroxylation is 1. The van der Waals surface area contributed by atoms with E-state index in [2.05, 4.69) is 4.99 Å². The smallest absolute Gasteiger partial charge is 0.252 e. The molecule has 3 aromatic rings. The van der Waals surface area contributed by atoms with Gasteiger partial charge in [-0.25, -0.2) is 0 Å². The molecule has 1 aromatic heterocycles. The number of carbonyl (C=O) groups excluding carboxylic acids is 1. The van der Waals surface area contributed by atoms with E-state index in [1.807, 2.05) is 48.0 Å². The van der Waals surface area contributed by atoms with Crippen LogP contribution in [-0.4, -0.2) is 30.8 Å². The number of hydrogen-bond donors (Lipinski definition) is 0. The van der Waals surface area contributed by atoms with E-state index in [1.54, 1.807) is 7.11 Å². The summed E-state index contributed by atoms with van der Waals surface area (Å²) in [5.41, 5.74) is 1.87. The maximum Gasteiger partial charge on any atom is 0.252 e. The minimum Gasteiger partial charge on any atom is -0.497 e. The predicted octanol–water partition coefficient (Wildman–Crippen LogP) is 2.69. The minimum absolute atomic E-state index is 0.186. The highest BCUT2D eigenvalue weighted by molar-refractivity contribution is 7.16. The van der Waals surface area contributed by atoms with Crippen LogP contribution in [0.2, 0.25) is 0 Å². The van der Waals surface area contributed by atoms with Crippen LogP contribution in [0.25, 0.3) is 10.2 Å². The van der Waals surface area contributed by atoms with Gasteiger partial charge in [0.05, 0.1) is 23.7 Å². The summed E-state index contributed by atoms with van der Waals surface area (Å²) in [6, 6.07) is 11.3. The van der Waals surface area contributed by atoms with Gasteiger partial charge in [-0.15, -0.1) is 0 Å². The van der Waals surface area contributed by atoms with Crippen molar-refractivity contribution < 1.29 is 19.0 Å². The predicted molar refractivity (Wildman–Crippen MR) is 99.1 cm³/mol. The molecule has 1 amide bonds. The summed E-state index contributed by atoms with van der Waals surface area (Å²) >= 11 is 1.46. The third-order valence-corrected chi connectivity index (χ3v) is 5.30. The van der Waals surface area contributed by atoms with Crippen LogP contribution in [-0.2, 0) is 18.3 Å². The van der Waals surface area contributed by atoms with Gasteiger partial charge in [0.1, 0.15) is 19.0 Å². The lowest BCUT2D eigenvalue weighted by Crippen LogP contribution is -2.16. The Bertz CT molecular complexity index is 1030. The number of ether oxygens (including phenoxy) is 3. The zero-order valence-corrected chi connectivity index (χ0v) is 15.3. The Labute approximate surface area is 154 Å². The molecule has 0 spiro atoms. The maximum absolute atomic E-state index is 12.4. The number of fused-ring (bicyclic) bond motifs is 2. The third-order valence-electron chi connectivity index (χ3n) is 4.21. The molecule has 0 saturated heterocycles. The molecular weight excluding hydrogens is 352 g/mol. The Balaban J connectivity index is 1.64. The van der Waals surface area contributed by atoms with Crippen molar-refractivity contribution in [1.29, 1.82) is 0 Å². The number of amides is 1. The molecule has 1 aliphatic rings. The quantitative estimate of drug-likeness (QED) is 0.711. The van der Waals surface area contributed by atoms with Gasteiger partial charge < -0.3 is 18.8 Å². The molecule has 0 atom stereocenters. The topological polar surface area (TPSA) is 62.0 Å². The largest absolute Gasteiger partial charge is 0.497 e. The average Bonchev–Trinajstić information content (AvgIpc) is 2.95. The molecule has 0 radical (unpaired) electrons. The van der Waals surface area contributed by atoms with Crippen molar-refractivity contribution in [3.63, 3.8) is 0 Å². The Hall–Kier alpha value is -2.80. The second kappa shape index (κ2) is 6.84. The second-order valence-corrected chi connectivity index (χ2v) is 6.95. The molecule has 7 heteroatoms. The van der Waals surface area contributed by atoms with E-state index >= 15 is 0 Å². The first kappa shape index (κ1) is 16.7. The van der Waals surface area contributed by atoms with E-state index in [0.29, 0.717) is 18.0 Å². The van der Waals surface area contributed by atoms with Gasteiger partial charge in [-0.05, 0) is 17.7 Å². The number of aromatic nitrogens is 1. The summed E-state index contributed by atoms with van der Waals surface area (Å²) in [7, 11) is 3.51. The molecule has 0 saturated carbocycles. The standard InChI is InChI=1S/C19H18N2O4S/c1-21-14-10-15-16(25-8-7-24-15)11-17(14)26-19(21)20-18(22)9-12-3-5-13(23-2)6-4-12/h3-6,10-11H,7-9H2,1-2H3. The summed E-state index contributed by atoms with van der Waals surface area (Å²) in [6.07, 6.45) is 0.251. The van der Waals surface area contributed by atoms with Crippen molar-refractivity contribution in [2.24, 2.45) is 12.0 Å². The van der Waals surface area contributed by atoms with Crippen LogP contribution in [0.3, 0.4) is 0 Å². The molecule has 26 heavy (non-hydrogen) atoms. The van der Waals surface area contributed by atoms with Crippen molar-refractivity contribution in [1.82, 2.24) is 4.57 Å². The summed E-state index contributed by atoms with van der Waals surface area (Å²) in [5.74, 6) is 2.05. The Morgan fingerprint density at radius 1 is 1.19 bits per heavy atom. The van der Waals surface area contributed by atoms with Crippen molar-refractivity contribution in [3.8, 4) is 17.2 Å². The lowest BCUT2D eigenvalue weighted by atomic mass is 10.1. The van der Waals surface area contributed by atoms with Gasteiger partial charge in [0.15, 0.2) is 16.3 Å². The van der Waals surface area contributed by atoms with Crippen LogP contribution in [0.4, 0.5) is 0 Å². The van der Waals surface area contributed by atoms with E-state index in [1.165, 1.54) is 11.3 Å². The summed E-state index contributed by atoms with van der Waals surface area (Å²) in [6.45, 7) is 1.09. The fourth-order valence-electron chi connectivity index (χ4n) is 2.84. The number of benzene rings is 2. The van der Waals surface area contributed by atoms with Crippen LogP contribution in [0.1, 0.15) is 5.56 Å². The highest BCUT2D eigenvalue weighted by Gasteiger charge is 2.15. The van der Waals surface area contributed by atoms with E-state index in [9.17, 15) is 4.79 Å². The molecule has 0 aliphatic carbocycles. The molecule has 2 aromatic carbocycles. The fraction of sp³-hybridized carbons (Fsp3) is 0.263. The summed E-state index contributed by atoms with van der Waals surface area (Å²) in [4.78, 5) is 17.3. The number of nitrogens with zero attached hydrogens (tertiary/aromatic N) is 2. The van der Waals surface area contributed by atoms with Crippen molar-refractivity contribution >= 4 is 27.5 Å². The van der Waals surface area contributed by atoms with Crippen LogP contribution in [0.15, 0.2) is 41.4 Å². The fourth-order valence-corrected chi connectivity index (χ4v) is 3.88. The SMILES string of the molecule is COc1ccc(CC(=O)N=c2sc3cc4c(cc3n2C)OCCO4)cc1. The normalized spacial score (nSPS) is 13.8. The van der Waals surface area contributed by atoms with Crippen molar-refractivity contribution in [3.05, 3.63) is 46.8 Å². The summed E-state index contributed by atoms with van der Waals surface area (Å²) < 4.78 is 19.3. The molecule has 0 N–H and O–H groups in total.